The quantitative estimate of drug-likeness (QED) is 0.744. The second-order valence-corrected chi connectivity index (χ2v) is 3.47. The average Bonchev–Trinajstić information content (AvgIpc) is 2.37. The van der Waals surface area contributed by atoms with Gasteiger partial charge in [0.25, 0.3) is 0 Å². The van der Waals surface area contributed by atoms with Gasteiger partial charge in [0.1, 0.15) is 0 Å². The highest BCUT2D eigenvalue weighted by Crippen LogP contribution is 2.13. The van der Waals surface area contributed by atoms with E-state index in [1.165, 1.54) is 14.2 Å². The SMILES string of the molecule is CCCc1cnc(C(=O)OC)c(C(=O)OC)c1. The van der Waals surface area contributed by atoms with Crippen LogP contribution < -0.4 is 0 Å². The Bertz CT molecular complexity index is 429. The molecule has 17 heavy (non-hydrogen) atoms. The number of ether oxygens (including phenoxy) is 2. The minimum Gasteiger partial charge on any atom is -0.465 e. The van der Waals surface area contributed by atoms with Crippen LogP contribution in [0.4, 0.5) is 0 Å². The number of rotatable bonds is 4. The van der Waals surface area contributed by atoms with Gasteiger partial charge in [-0.25, -0.2) is 14.6 Å². The fraction of sp³-hybridized carbons (Fsp3) is 0.417. The Morgan fingerprint density at radius 1 is 1.24 bits per heavy atom. The van der Waals surface area contributed by atoms with Crippen molar-refractivity contribution in [2.45, 2.75) is 19.8 Å². The number of hydrogen-bond acceptors (Lipinski definition) is 5. The second-order valence-electron chi connectivity index (χ2n) is 3.47. The van der Waals surface area contributed by atoms with Crippen LogP contribution in [0, 0.1) is 0 Å². The molecule has 1 aromatic heterocycles. The molecule has 1 aromatic rings. The van der Waals surface area contributed by atoms with Crippen LogP contribution in [0.25, 0.3) is 0 Å². The first-order chi connectivity index (χ1) is 8.13. The number of nitrogens with zero attached hydrogens (tertiary/aromatic N) is 1. The number of pyridine rings is 1. The lowest BCUT2D eigenvalue weighted by Gasteiger charge is -2.07. The van der Waals surface area contributed by atoms with E-state index in [2.05, 4.69) is 14.5 Å². The fourth-order valence-electron chi connectivity index (χ4n) is 1.46. The van der Waals surface area contributed by atoms with Gasteiger partial charge in [0.05, 0.1) is 19.8 Å². The van der Waals surface area contributed by atoms with Gasteiger partial charge < -0.3 is 9.47 Å². The van der Waals surface area contributed by atoms with E-state index in [9.17, 15) is 9.59 Å². The van der Waals surface area contributed by atoms with Crippen LogP contribution >= 0.6 is 0 Å². The van der Waals surface area contributed by atoms with E-state index in [1.54, 1.807) is 12.3 Å². The summed E-state index contributed by atoms with van der Waals surface area (Å²) in [5, 5.41) is 0. The van der Waals surface area contributed by atoms with E-state index < -0.39 is 11.9 Å². The van der Waals surface area contributed by atoms with E-state index in [4.69, 9.17) is 0 Å². The highest BCUT2D eigenvalue weighted by atomic mass is 16.5. The van der Waals surface area contributed by atoms with Gasteiger partial charge in [-0.05, 0) is 18.1 Å². The molecule has 5 nitrogen and oxygen atoms in total. The van der Waals surface area contributed by atoms with Gasteiger partial charge in [-0.1, -0.05) is 13.3 Å². The van der Waals surface area contributed by atoms with Gasteiger partial charge in [-0.2, -0.15) is 0 Å². The highest BCUT2D eigenvalue weighted by Gasteiger charge is 2.20. The number of aryl methyl sites for hydroxylation is 1. The molecule has 1 heterocycles. The molecule has 0 aromatic carbocycles. The summed E-state index contributed by atoms with van der Waals surface area (Å²) in [7, 11) is 2.50. The largest absolute Gasteiger partial charge is 0.465 e. The van der Waals surface area contributed by atoms with Crippen LogP contribution in [0.15, 0.2) is 12.3 Å². The number of esters is 2. The van der Waals surface area contributed by atoms with E-state index in [1.807, 2.05) is 6.92 Å². The summed E-state index contributed by atoms with van der Waals surface area (Å²) in [5.41, 5.74) is 1.02. The lowest BCUT2D eigenvalue weighted by atomic mass is 10.1. The van der Waals surface area contributed by atoms with Gasteiger partial charge in [0.2, 0.25) is 0 Å². The molecule has 0 aliphatic rings. The van der Waals surface area contributed by atoms with Crippen LogP contribution in [-0.2, 0) is 15.9 Å². The average molecular weight is 237 g/mol. The first-order valence-corrected chi connectivity index (χ1v) is 5.29. The predicted octanol–water partition coefficient (Wildman–Crippen LogP) is 1.61. The monoisotopic (exact) mass is 237 g/mol. The molecule has 0 aliphatic carbocycles. The van der Waals surface area contributed by atoms with E-state index in [0.29, 0.717) is 0 Å². The molecule has 0 unspecified atom stereocenters. The summed E-state index contributed by atoms with van der Waals surface area (Å²) in [6, 6.07) is 1.62. The molecule has 0 amide bonds. The van der Waals surface area contributed by atoms with Crippen molar-refractivity contribution in [2.75, 3.05) is 14.2 Å². The molecule has 0 spiro atoms. The van der Waals surface area contributed by atoms with E-state index >= 15 is 0 Å². The van der Waals surface area contributed by atoms with Crippen molar-refractivity contribution in [3.63, 3.8) is 0 Å². The molecular formula is C12H15NO4. The summed E-state index contributed by atoms with van der Waals surface area (Å²) >= 11 is 0. The smallest absolute Gasteiger partial charge is 0.357 e. The summed E-state index contributed by atoms with van der Waals surface area (Å²) in [5.74, 6) is -1.23. The topological polar surface area (TPSA) is 65.5 Å². The minimum absolute atomic E-state index is 0.0146. The van der Waals surface area contributed by atoms with Crippen molar-refractivity contribution >= 4 is 11.9 Å². The van der Waals surface area contributed by atoms with Crippen molar-refractivity contribution in [1.29, 1.82) is 0 Å². The highest BCUT2D eigenvalue weighted by molar-refractivity contribution is 6.01. The zero-order chi connectivity index (χ0) is 12.8. The fourth-order valence-corrected chi connectivity index (χ4v) is 1.46. The Kier molecular flexibility index (Phi) is 4.63. The summed E-state index contributed by atoms with van der Waals surface area (Å²) < 4.78 is 9.18. The van der Waals surface area contributed by atoms with E-state index in [-0.39, 0.29) is 11.3 Å². The van der Waals surface area contributed by atoms with Gasteiger partial charge in [0.15, 0.2) is 5.69 Å². The lowest BCUT2D eigenvalue weighted by molar-refractivity contribution is 0.0549. The van der Waals surface area contributed by atoms with Crippen molar-refractivity contribution in [2.24, 2.45) is 0 Å². The third kappa shape index (κ3) is 3.03. The van der Waals surface area contributed by atoms with Crippen LogP contribution in [0.5, 0.6) is 0 Å². The Morgan fingerprint density at radius 2 is 1.88 bits per heavy atom. The Balaban J connectivity index is 3.21. The standard InChI is InChI=1S/C12H15NO4/c1-4-5-8-6-9(11(14)16-2)10(13-7-8)12(15)17-3/h6-7H,4-5H2,1-3H3. The predicted molar refractivity (Wildman–Crippen MR) is 60.9 cm³/mol. The molecule has 0 aliphatic heterocycles. The third-order valence-corrected chi connectivity index (χ3v) is 2.27. The van der Waals surface area contributed by atoms with Gasteiger partial charge in [-0.15, -0.1) is 0 Å². The van der Waals surface area contributed by atoms with Crippen LogP contribution in [0.2, 0.25) is 0 Å². The first-order valence-electron chi connectivity index (χ1n) is 5.29. The van der Waals surface area contributed by atoms with Crippen molar-refractivity contribution < 1.29 is 19.1 Å². The van der Waals surface area contributed by atoms with Crippen LogP contribution in [0.1, 0.15) is 39.8 Å². The van der Waals surface area contributed by atoms with Crippen LogP contribution in [0.3, 0.4) is 0 Å². The lowest BCUT2D eigenvalue weighted by Crippen LogP contribution is -2.14. The molecule has 0 atom stereocenters. The first kappa shape index (κ1) is 13.2. The summed E-state index contributed by atoms with van der Waals surface area (Å²) in [4.78, 5) is 26.9. The van der Waals surface area contributed by atoms with Crippen molar-refractivity contribution in [1.82, 2.24) is 4.98 Å². The van der Waals surface area contributed by atoms with Crippen molar-refractivity contribution in [3.8, 4) is 0 Å². The number of methoxy groups -OCH3 is 2. The Labute approximate surface area is 99.8 Å². The van der Waals surface area contributed by atoms with Gasteiger partial charge >= 0.3 is 11.9 Å². The maximum atomic E-state index is 11.5. The number of hydrogen-bond donors (Lipinski definition) is 0. The zero-order valence-corrected chi connectivity index (χ0v) is 10.1. The number of aromatic nitrogens is 1. The molecule has 1 rings (SSSR count). The van der Waals surface area contributed by atoms with Gasteiger partial charge in [0, 0.05) is 6.20 Å². The molecule has 0 radical (unpaired) electrons. The molecule has 0 fully saturated rings. The molecule has 0 N–H and O–H groups in total. The summed E-state index contributed by atoms with van der Waals surface area (Å²) in [6.07, 6.45) is 3.29. The third-order valence-electron chi connectivity index (χ3n) is 2.27. The molecule has 5 heteroatoms. The molecule has 0 bridgehead atoms. The number of carbonyl (C=O) groups is 2. The molecule has 92 valence electrons. The number of carbonyl (C=O) groups excluding carboxylic acids is 2. The molecule has 0 saturated carbocycles. The zero-order valence-electron chi connectivity index (χ0n) is 10.1. The Hall–Kier alpha value is -1.91. The molecular weight excluding hydrogens is 222 g/mol. The molecule has 0 saturated heterocycles. The van der Waals surface area contributed by atoms with Crippen molar-refractivity contribution in [3.05, 3.63) is 29.1 Å². The normalized spacial score (nSPS) is 9.82. The minimum atomic E-state index is -0.645. The van der Waals surface area contributed by atoms with Gasteiger partial charge in [-0.3, -0.25) is 0 Å². The second kappa shape index (κ2) is 5.98. The van der Waals surface area contributed by atoms with E-state index in [0.717, 1.165) is 18.4 Å². The maximum Gasteiger partial charge on any atom is 0.357 e. The summed E-state index contributed by atoms with van der Waals surface area (Å²) in [6.45, 7) is 2.02. The maximum absolute atomic E-state index is 11.5. The Morgan fingerprint density at radius 3 is 2.41 bits per heavy atom. The van der Waals surface area contributed by atoms with Crippen LogP contribution in [-0.4, -0.2) is 31.1 Å².